The van der Waals surface area contributed by atoms with Crippen LogP contribution in [-0.4, -0.2) is 29.6 Å². The molecule has 23 heavy (non-hydrogen) atoms. The van der Waals surface area contributed by atoms with Gasteiger partial charge in [0.15, 0.2) is 5.78 Å². The van der Waals surface area contributed by atoms with Crippen molar-refractivity contribution in [3.8, 4) is 0 Å². The first-order chi connectivity index (χ1) is 10.4. The van der Waals surface area contributed by atoms with E-state index in [0.29, 0.717) is 30.6 Å². The Morgan fingerprint density at radius 2 is 1.57 bits per heavy atom. The number of ether oxygens (including phenoxy) is 2. The van der Waals surface area contributed by atoms with Gasteiger partial charge in [0.1, 0.15) is 11.2 Å². The van der Waals surface area contributed by atoms with Crippen LogP contribution in [0.25, 0.3) is 0 Å². The smallest absolute Gasteiger partial charge is 0.333 e. The standard InChI is InChI=1S/C19H32O4/c1-10-18(8,23-17(21)14(5)6)15(7)12-22-19(9,11-2)16(20)13(3)4/h15H,3,5,10-12H2,1-2,4,6-9H3. The van der Waals surface area contributed by atoms with Crippen molar-refractivity contribution in [1.82, 2.24) is 0 Å². The summed E-state index contributed by atoms with van der Waals surface area (Å²) in [5.41, 5.74) is -0.716. The van der Waals surface area contributed by atoms with Gasteiger partial charge in [0.2, 0.25) is 0 Å². The first-order valence-corrected chi connectivity index (χ1v) is 8.16. The van der Waals surface area contributed by atoms with Gasteiger partial charge in [0.05, 0.1) is 6.61 Å². The van der Waals surface area contributed by atoms with Gasteiger partial charge in [0.25, 0.3) is 0 Å². The third-order valence-corrected chi connectivity index (χ3v) is 4.61. The molecule has 0 saturated heterocycles. The van der Waals surface area contributed by atoms with Crippen molar-refractivity contribution < 1.29 is 19.1 Å². The Balaban J connectivity index is 5.04. The van der Waals surface area contributed by atoms with Crippen LogP contribution in [0.15, 0.2) is 24.3 Å². The van der Waals surface area contributed by atoms with Crippen LogP contribution in [0.3, 0.4) is 0 Å². The van der Waals surface area contributed by atoms with Crippen molar-refractivity contribution in [1.29, 1.82) is 0 Å². The Hall–Kier alpha value is -1.42. The second-order valence-electron chi connectivity index (χ2n) is 6.74. The predicted octanol–water partition coefficient (Wildman–Crippen LogP) is 4.24. The number of rotatable bonds is 10. The Morgan fingerprint density at radius 1 is 1.04 bits per heavy atom. The van der Waals surface area contributed by atoms with Crippen molar-refractivity contribution in [2.75, 3.05) is 6.61 Å². The summed E-state index contributed by atoms with van der Waals surface area (Å²) in [6.45, 7) is 20.4. The summed E-state index contributed by atoms with van der Waals surface area (Å²) < 4.78 is 11.5. The number of carbonyl (C=O) groups excluding carboxylic acids is 2. The summed E-state index contributed by atoms with van der Waals surface area (Å²) in [7, 11) is 0. The largest absolute Gasteiger partial charge is 0.456 e. The van der Waals surface area contributed by atoms with E-state index in [1.807, 2.05) is 27.7 Å². The molecule has 3 unspecified atom stereocenters. The molecule has 0 fully saturated rings. The van der Waals surface area contributed by atoms with Gasteiger partial charge in [-0.3, -0.25) is 4.79 Å². The molecule has 4 nitrogen and oxygen atoms in total. The summed E-state index contributed by atoms with van der Waals surface area (Å²) in [6.07, 6.45) is 1.20. The van der Waals surface area contributed by atoms with Crippen LogP contribution < -0.4 is 0 Å². The van der Waals surface area contributed by atoms with Gasteiger partial charge in [0, 0.05) is 11.5 Å². The molecule has 0 aliphatic rings. The molecule has 0 amide bonds. The van der Waals surface area contributed by atoms with Crippen LogP contribution >= 0.6 is 0 Å². The summed E-state index contributed by atoms with van der Waals surface area (Å²) in [6, 6.07) is 0. The Morgan fingerprint density at radius 3 is 1.91 bits per heavy atom. The Bertz CT molecular complexity index is 480. The SMILES string of the molecule is C=C(C)C(=O)OC(C)(CC)C(C)COC(C)(CC)C(=O)C(=C)C. The molecule has 0 rings (SSSR count). The summed E-state index contributed by atoms with van der Waals surface area (Å²) in [4.78, 5) is 24.1. The first kappa shape index (κ1) is 21.6. The fourth-order valence-corrected chi connectivity index (χ4v) is 2.08. The van der Waals surface area contributed by atoms with Crippen molar-refractivity contribution >= 4 is 11.8 Å². The second kappa shape index (κ2) is 8.44. The van der Waals surface area contributed by atoms with Crippen LogP contribution in [0.1, 0.15) is 61.3 Å². The maximum atomic E-state index is 12.3. The monoisotopic (exact) mass is 324 g/mol. The Labute approximate surface area is 140 Å². The molecule has 0 aromatic rings. The number of hydrogen-bond acceptors (Lipinski definition) is 4. The molecule has 4 heteroatoms. The van der Waals surface area contributed by atoms with E-state index in [1.165, 1.54) is 0 Å². The molecule has 0 aromatic carbocycles. The fraction of sp³-hybridized carbons (Fsp3) is 0.684. The molecule has 0 saturated carbocycles. The van der Waals surface area contributed by atoms with E-state index in [9.17, 15) is 9.59 Å². The van der Waals surface area contributed by atoms with Crippen LogP contribution in [0.4, 0.5) is 0 Å². The quantitative estimate of drug-likeness (QED) is 0.445. The van der Waals surface area contributed by atoms with Gasteiger partial charge >= 0.3 is 5.97 Å². The van der Waals surface area contributed by atoms with Crippen molar-refractivity contribution in [3.63, 3.8) is 0 Å². The van der Waals surface area contributed by atoms with Gasteiger partial charge in [-0.2, -0.15) is 0 Å². The van der Waals surface area contributed by atoms with Crippen molar-refractivity contribution in [2.45, 2.75) is 72.5 Å². The topological polar surface area (TPSA) is 52.6 Å². The zero-order valence-corrected chi connectivity index (χ0v) is 15.7. The predicted molar refractivity (Wildman–Crippen MR) is 93.2 cm³/mol. The zero-order chi connectivity index (χ0) is 18.4. The van der Waals surface area contributed by atoms with Gasteiger partial charge in [-0.25, -0.2) is 4.79 Å². The van der Waals surface area contributed by atoms with Gasteiger partial charge in [-0.05, 0) is 46.1 Å². The van der Waals surface area contributed by atoms with Gasteiger partial charge in [-0.1, -0.05) is 33.9 Å². The molecule has 0 aliphatic carbocycles. The molecule has 3 atom stereocenters. The fourth-order valence-electron chi connectivity index (χ4n) is 2.08. The number of ketones is 1. The first-order valence-electron chi connectivity index (χ1n) is 8.16. The highest BCUT2D eigenvalue weighted by atomic mass is 16.6. The molecule has 0 aliphatic heterocycles. The van der Waals surface area contributed by atoms with Gasteiger partial charge in [-0.15, -0.1) is 0 Å². The Kier molecular flexibility index (Phi) is 7.92. The second-order valence-corrected chi connectivity index (χ2v) is 6.74. The van der Waals surface area contributed by atoms with E-state index < -0.39 is 17.2 Å². The lowest BCUT2D eigenvalue weighted by atomic mass is 9.87. The number of hydrogen-bond donors (Lipinski definition) is 0. The normalized spacial score (nSPS) is 17.5. The minimum absolute atomic E-state index is 0.0698. The average Bonchev–Trinajstić information content (AvgIpc) is 2.50. The molecule has 0 heterocycles. The van der Waals surface area contributed by atoms with E-state index >= 15 is 0 Å². The molecule has 0 radical (unpaired) electrons. The number of Topliss-reactive ketones (excluding diaryl/α,β-unsaturated/α-hetero) is 1. The molecular formula is C19H32O4. The maximum Gasteiger partial charge on any atom is 0.333 e. The summed E-state index contributed by atoms with van der Waals surface area (Å²) in [5, 5.41) is 0. The average molecular weight is 324 g/mol. The molecule has 132 valence electrons. The summed E-state index contributed by atoms with van der Waals surface area (Å²) in [5.74, 6) is -0.568. The van der Waals surface area contributed by atoms with E-state index in [0.717, 1.165) is 0 Å². The van der Waals surface area contributed by atoms with E-state index in [1.54, 1.807) is 20.8 Å². The molecule has 0 N–H and O–H groups in total. The molecule has 0 spiro atoms. The highest BCUT2D eigenvalue weighted by molar-refractivity contribution is 6.00. The highest BCUT2D eigenvalue weighted by Crippen LogP contribution is 2.29. The zero-order valence-electron chi connectivity index (χ0n) is 15.7. The molecule has 0 bridgehead atoms. The van der Waals surface area contributed by atoms with Crippen LogP contribution in [0, 0.1) is 5.92 Å². The number of esters is 1. The maximum absolute atomic E-state index is 12.3. The molecule has 0 aromatic heterocycles. The van der Waals surface area contributed by atoms with E-state index in [-0.39, 0.29) is 11.7 Å². The number of carbonyl (C=O) groups is 2. The minimum Gasteiger partial charge on any atom is -0.456 e. The van der Waals surface area contributed by atoms with Crippen molar-refractivity contribution in [3.05, 3.63) is 24.3 Å². The van der Waals surface area contributed by atoms with E-state index in [4.69, 9.17) is 9.47 Å². The van der Waals surface area contributed by atoms with E-state index in [2.05, 4.69) is 13.2 Å². The lowest BCUT2D eigenvalue weighted by Gasteiger charge is -2.37. The molecular weight excluding hydrogens is 292 g/mol. The minimum atomic E-state index is -0.896. The lowest BCUT2D eigenvalue weighted by molar-refractivity contribution is -0.167. The van der Waals surface area contributed by atoms with Crippen LogP contribution in [0.2, 0.25) is 0 Å². The van der Waals surface area contributed by atoms with Gasteiger partial charge < -0.3 is 9.47 Å². The van der Waals surface area contributed by atoms with Crippen LogP contribution in [0.5, 0.6) is 0 Å². The summed E-state index contributed by atoms with van der Waals surface area (Å²) >= 11 is 0. The lowest BCUT2D eigenvalue weighted by Crippen LogP contribution is -2.44. The van der Waals surface area contributed by atoms with Crippen molar-refractivity contribution in [2.24, 2.45) is 5.92 Å². The van der Waals surface area contributed by atoms with Crippen LogP contribution in [-0.2, 0) is 19.1 Å². The third-order valence-electron chi connectivity index (χ3n) is 4.61. The highest BCUT2D eigenvalue weighted by Gasteiger charge is 2.38. The third kappa shape index (κ3) is 5.61.